The normalized spacial score (nSPS) is 17.9. The number of hydrogen-bond donors (Lipinski definition) is 2. The standard InChI is InChI=1S/C33H28ClF3N8O2S/c1-15(18-4-3-7-41-30(18)39)45-8-9-46-28-24-27(42-33(43-32(24)45)47-14-17-10-16(11-35)13-44(17)2)26(37)23(25(28)34)19-5-6-21(36)29-22(19)20(12-38)31(40)48-29/h3-7,11,15,17H,8-10,13-14,40H2,1-2H3,(H2,39,41)/b16-11+/t15-,17?/m1/s1. The van der Waals surface area contributed by atoms with E-state index in [0.717, 1.165) is 11.3 Å². The summed E-state index contributed by atoms with van der Waals surface area (Å²) >= 11 is 7.89. The van der Waals surface area contributed by atoms with Crippen molar-refractivity contribution in [3.05, 3.63) is 70.1 Å². The van der Waals surface area contributed by atoms with E-state index < -0.39 is 17.7 Å². The topological polar surface area (TPSA) is 139 Å². The highest BCUT2D eigenvalue weighted by Gasteiger charge is 2.34. The van der Waals surface area contributed by atoms with E-state index in [1.807, 2.05) is 35.9 Å². The van der Waals surface area contributed by atoms with Crippen molar-refractivity contribution in [2.75, 3.05) is 49.7 Å². The fourth-order valence-electron chi connectivity index (χ4n) is 6.48. The molecule has 0 bridgehead atoms. The van der Waals surface area contributed by atoms with E-state index in [2.05, 4.69) is 9.97 Å². The molecule has 5 aromatic rings. The average Bonchev–Trinajstić information content (AvgIpc) is 3.55. The Labute approximate surface area is 282 Å². The number of nitrogen functional groups attached to an aromatic ring is 2. The number of likely N-dealkylation sites (N-methyl/N-ethyl adjacent to an activating group) is 1. The van der Waals surface area contributed by atoms with Crippen molar-refractivity contribution >= 4 is 60.6 Å². The van der Waals surface area contributed by atoms with Crippen LogP contribution in [0.4, 0.5) is 29.8 Å². The number of thiophene rings is 1. The molecule has 48 heavy (non-hydrogen) atoms. The van der Waals surface area contributed by atoms with Crippen LogP contribution in [0.5, 0.6) is 11.8 Å². The molecule has 246 valence electrons. The van der Waals surface area contributed by atoms with E-state index in [9.17, 15) is 14.0 Å². The summed E-state index contributed by atoms with van der Waals surface area (Å²) in [6.07, 6.45) is 2.65. The highest BCUT2D eigenvalue weighted by molar-refractivity contribution is 7.23. The lowest BCUT2D eigenvalue weighted by molar-refractivity contribution is 0.188. The first-order valence-electron chi connectivity index (χ1n) is 15.0. The van der Waals surface area contributed by atoms with Crippen LogP contribution in [0.1, 0.15) is 30.5 Å². The SMILES string of the molecule is C[C@H](c1cccnc1N)N1CCOc2c(Cl)c(-c3ccc(F)c4sc(N)c(C#N)c34)c(F)c3nc(OCC4C/C(=C\F)CN4C)nc1c23. The van der Waals surface area contributed by atoms with E-state index in [0.29, 0.717) is 42.8 Å². The van der Waals surface area contributed by atoms with E-state index in [1.54, 1.807) is 12.3 Å². The second-order valence-corrected chi connectivity index (χ2v) is 13.1. The van der Waals surface area contributed by atoms with Crippen molar-refractivity contribution in [3.8, 4) is 29.0 Å². The van der Waals surface area contributed by atoms with Gasteiger partial charge in [0.2, 0.25) is 0 Å². The molecule has 10 nitrogen and oxygen atoms in total. The molecular formula is C33H28ClF3N8O2S. The second kappa shape index (κ2) is 12.3. The summed E-state index contributed by atoms with van der Waals surface area (Å²) in [5, 5.41) is 10.2. The number of ether oxygens (including phenoxy) is 2. The number of fused-ring (bicyclic) bond motifs is 1. The lowest BCUT2D eigenvalue weighted by Crippen LogP contribution is -2.32. The number of rotatable bonds is 6. The molecule has 0 radical (unpaired) electrons. The van der Waals surface area contributed by atoms with Crippen LogP contribution in [0.25, 0.3) is 32.1 Å². The first-order chi connectivity index (χ1) is 23.1. The predicted molar refractivity (Wildman–Crippen MR) is 180 cm³/mol. The Morgan fingerprint density at radius 2 is 2.06 bits per heavy atom. The molecule has 2 atom stereocenters. The molecule has 2 aliphatic heterocycles. The predicted octanol–water partition coefficient (Wildman–Crippen LogP) is 6.77. The minimum atomic E-state index is -0.853. The molecule has 0 aliphatic carbocycles. The first kappa shape index (κ1) is 31.7. The maximum absolute atomic E-state index is 17.1. The van der Waals surface area contributed by atoms with Crippen LogP contribution in [0.3, 0.4) is 0 Å². The molecule has 4 N–H and O–H groups in total. The third-order valence-corrected chi connectivity index (χ3v) is 10.3. The molecule has 3 aromatic heterocycles. The van der Waals surface area contributed by atoms with Crippen molar-refractivity contribution in [3.63, 3.8) is 0 Å². The van der Waals surface area contributed by atoms with Gasteiger partial charge < -0.3 is 25.8 Å². The Kier molecular flexibility index (Phi) is 8.14. The second-order valence-electron chi connectivity index (χ2n) is 11.7. The first-order valence-corrected chi connectivity index (χ1v) is 16.2. The van der Waals surface area contributed by atoms with Crippen molar-refractivity contribution in [1.29, 1.82) is 5.26 Å². The molecule has 1 fully saturated rings. The van der Waals surface area contributed by atoms with E-state index in [1.165, 1.54) is 12.1 Å². The number of hydrogen-bond acceptors (Lipinski definition) is 11. The maximum atomic E-state index is 17.1. The summed E-state index contributed by atoms with van der Waals surface area (Å²) in [5.41, 5.74) is 13.5. The van der Waals surface area contributed by atoms with Gasteiger partial charge in [0.05, 0.1) is 39.6 Å². The third-order valence-electron chi connectivity index (χ3n) is 8.91. The Hall–Kier alpha value is -4.84. The summed E-state index contributed by atoms with van der Waals surface area (Å²) in [7, 11) is 1.86. The molecule has 2 aliphatic rings. The Bertz CT molecular complexity index is 2190. The van der Waals surface area contributed by atoms with Gasteiger partial charge in [-0.2, -0.15) is 15.2 Å². The van der Waals surface area contributed by atoms with Crippen molar-refractivity contribution < 1.29 is 22.6 Å². The highest BCUT2D eigenvalue weighted by Crippen LogP contribution is 2.51. The molecule has 1 saturated heterocycles. The van der Waals surface area contributed by atoms with E-state index in [4.69, 9.17) is 37.5 Å². The van der Waals surface area contributed by atoms with Gasteiger partial charge in [0.15, 0.2) is 11.6 Å². The van der Waals surface area contributed by atoms with Gasteiger partial charge >= 0.3 is 6.01 Å². The van der Waals surface area contributed by atoms with Crippen LogP contribution in [0.2, 0.25) is 5.02 Å². The quantitative estimate of drug-likeness (QED) is 0.196. The zero-order valence-electron chi connectivity index (χ0n) is 25.7. The molecule has 0 saturated carbocycles. The fourth-order valence-corrected chi connectivity index (χ4v) is 7.76. The van der Waals surface area contributed by atoms with Crippen LogP contribution in [0.15, 0.2) is 42.4 Å². The van der Waals surface area contributed by atoms with Crippen molar-refractivity contribution in [1.82, 2.24) is 19.9 Å². The van der Waals surface area contributed by atoms with Gasteiger partial charge in [0, 0.05) is 35.3 Å². The summed E-state index contributed by atoms with van der Waals surface area (Å²) in [4.78, 5) is 17.4. The molecular weight excluding hydrogens is 665 g/mol. The number of nitrogens with zero attached hydrogens (tertiary/aromatic N) is 6. The van der Waals surface area contributed by atoms with Crippen LogP contribution >= 0.6 is 22.9 Å². The van der Waals surface area contributed by atoms with Gasteiger partial charge in [-0.1, -0.05) is 23.7 Å². The summed E-state index contributed by atoms with van der Waals surface area (Å²) in [5.74, 6) is -0.738. The zero-order chi connectivity index (χ0) is 33.9. The smallest absolute Gasteiger partial charge is 0.319 e. The fraction of sp³-hybridized carbons (Fsp3) is 0.273. The van der Waals surface area contributed by atoms with Crippen LogP contribution < -0.4 is 25.8 Å². The Morgan fingerprint density at radius 3 is 2.79 bits per heavy atom. The van der Waals surface area contributed by atoms with Gasteiger partial charge in [-0.25, -0.2) is 18.2 Å². The minimum Gasteiger partial charge on any atom is -0.489 e. The molecule has 0 amide bonds. The molecule has 7 rings (SSSR count). The lowest BCUT2D eigenvalue weighted by atomic mass is 9.96. The van der Waals surface area contributed by atoms with Crippen molar-refractivity contribution in [2.24, 2.45) is 0 Å². The van der Waals surface area contributed by atoms with E-state index in [-0.39, 0.29) is 84.5 Å². The van der Waals surface area contributed by atoms with Crippen LogP contribution in [-0.4, -0.2) is 59.2 Å². The van der Waals surface area contributed by atoms with Crippen LogP contribution in [0, 0.1) is 23.0 Å². The Morgan fingerprint density at radius 1 is 1.25 bits per heavy atom. The maximum Gasteiger partial charge on any atom is 0.319 e. The van der Waals surface area contributed by atoms with Crippen molar-refractivity contribution in [2.45, 2.75) is 25.4 Å². The Balaban J connectivity index is 1.46. The third kappa shape index (κ3) is 5.09. The molecule has 15 heteroatoms. The number of nitriles is 1. The summed E-state index contributed by atoms with van der Waals surface area (Å²) < 4.78 is 57.8. The average molecular weight is 693 g/mol. The minimum absolute atomic E-state index is 0.00990. The molecule has 2 aromatic carbocycles. The van der Waals surface area contributed by atoms with Gasteiger partial charge in [-0.3, -0.25) is 4.90 Å². The number of anilines is 3. The number of nitrogens with two attached hydrogens (primary N) is 2. The largest absolute Gasteiger partial charge is 0.489 e. The number of benzene rings is 2. The van der Waals surface area contributed by atoms with Gasteiger partial charge in [-0.15, -0.1) is 11.3 Å². The summed E-state index contributed by atoms with van der Waals surface area (Å²) in [6, 6.07) is 7.47. The molecule has 1 unspecified atom stereocenters. The lowest BCUT2D eigenvalue weighted by Gasteiger charge is -2.30. The number of aromatic nitrogens is 3. The number of likely N-dealkylation sites (tertiary alicyclic amines) is 1. The molecule has 5 heterocycles. The number of halogens is 4. The number of pyridine rings is 1. The van der Waals surface area contributed by atoms with E-state index >= 15 is 4.39 Å². The van der Waals surface area contributed by atoms with Gasteiger partial charge in [-0.05, 0) is 43.7 Å². The van der Waals surface area contributed by atoms with Crippen LogP contribution in [-0.2, 0) is 0 Å². The van der Waals surface area contributed by atoms with Gasteiger partial charge in [0.1, 0.15) is 47.3 Å². The summed E-state index contributed by atoms with van der Waals surface area (Å²) in [6.45, 7) is 2.88. The highest BCUT2D eigenvalue weighted by atomic mass is 35.5. The van der Waals surface area contributed by atoms with Gasteiger partial charge in [0.25, 0.3) is 0 Å². The zero-order valence-corrected chi connectivity index (χ0v) is 27.3. The molecule has 0 spiro atoms. The monoisotopic (exact) mass is 692 g/mol.